The van der Waals surface area contributed by atoms with Crippen molar-refractivity contribution >= 4 is 5.97 Å². The summed E-state index contributed by atoms with van der Waals surface area (Å²) < 4.78 is 0. The smallest absolute Gasteiger partial charge is 0.323 e. The van der Waals surface area contributed by atoms with Crippen molar-refractivity contribution in [2.75, 3.05) is 7.05 Å². The molecule has 0 aromatic heterocycles. The van der Waals surface area contributed by atoms with E-state index in [0.29, 0.717) is 5.56 Å². The molecular weight excluding hydrogens is 198 g/mol. The molecule has 0 aliphatic carbocycles. The zero-order chi connectivity index (χ0) is 11.4. The van der Waals surface area contributed by atoms with Crippen molar-refractivity contribution < 1.29 is 20.1 Å². The Morgan fingerprint density at radius 2 is 1.87 bits per heavy atom. The predicted octanol–water partition coefficient (Wildman–Crippen LogP) is 0.0982. The highest BCUT2D eigenvalue weighted by Gasteiger charge is 2.25. The van der Waals surface area contributed by atoms with E-state index in [1.807, 2.05) is 0 Å². The molecule has 1 unspecified atom stereocenters. The van der Waals surface area contributed by atoms with Gasteiger partial charge in [-0.3, -0.25) is 4.79 Å². The van der Waals surface area contributed by atoms with Gasteiger partial charge < -0.3 is 20.6 Å². The van der Waals surface area contributed by atoms with Gasteiger partial charge in [0.15, 0.2) is 0 Å². The fourth-order valence-electron chi connectivity index (χ4n) is 1.28. The van der Waals surface area contributed by atoms with Crippen LogP contribution in [-0.4, -0.2) is 34.4 Å². The van der Waals surface area contributed by atoms with Crippen molar-refractivity contribution in [3.8, 4) is 5.75 Å². The highest BCUT2D eigenvalue weighted by atomic mass is 16.4. The second kappa shape index (κ2) is 4.77. The lowest BCUT2D eigenvalue weighted by atomic mass is 10.0. The normalized spacial score (nSPS) is 14.5. The standard InChI is InChI=1S/C10H13NO4/c1-11-8(10(14)15)9(13)6-2-4-7(12)5-3-6/h2-5,8-9,11-13H,1H3,(H,14,15)/t8-,9?/m0/s1. The average Bonchev–Trinajstić information content (AvgIpc) is 2.19. The maximum atomic E-state index is 10.7. The van der Waals surface area contributed by atoms with Gasteiger partial charge in [0.2, 0.25) is 0 Å². The summed E-state index contributed by atoms with van der Waals surface area (Å²) in [5.41, 5.74) is 0.439. The summed E-state index contributed by atoms with van der Waals surface area (Å²) in [5, 5.41) is 30.0. The minimum atomic E-state index is -1.15. The number of carbonyl (C=O) groups is 1. The number of hydrogen-bond donors (Lipinski definition) is 4. The number of phenolic OH excluding ortho intramolecular Hbond substituents is 1. The Labute approximate surface area is 87.0 Å². The van der Waals surface area contributed by atoms with Gasteiger partial charge in [0.25, 0.3) is 0 Å². The first-order valence-corrected chi connectivity index (χ1v) is 4.43. The molecule has 82 valence electrons. The number of aliphatic carboxylic acids is 1. The van der Waals surface area contributed by atoms with Crippen LogP contribution in [0.25, 0.3) is 0 Å². The van der Waals surface area contributed by atoms with Crippen molar-refractivity contribution in [3.63, 3.8) is 0 Å². The molecule has 1 rings (SSSR count). The summed E-state index contributed by atoms with van der Waals surface area (Å²) in [4.78, 5) is 10.7. The van der Waals surface area contributed by atoms with Crippen LogP contribution in [0.3, 0.4) is 0 Å². The molecule has 4 N–H and O–H groups in total. The lowest BCUT2D eigenvalue weighted by Gasteiger charge is -2.18. The zero-order valence-corrected chi connectivity index (χ0v) is 8.21. The van der Waals surface area contributed by atoms with Gasteiger partial charge in [-0.05, 0) is 24.7 Å². The van der Waals surface area contributed by atoms with Crippen molar-refractivity contribution in [2.24, 2.45) is 0 Å². The topological polar surface area (TPSA) is 89.8 Å². The molecule has 5 heteroatoms. The lowest BCUT2D eigenvalue weighted by molar-refractivity contribution is -0.142. The Kier molecular flexibility index (Phi) is 3.65. The Hall–Kier alpha value is -1.59. The van der Waals surface area contributed by atoms with Crippen LogP contribution in [0.15, 0.2) is 24.3 Å². The maximum absolute atomic E-state index is 10.7. The van der Waals surface area contributed by atoms with Gasteiger partial charge in [-0.1, -0.05) is 12.1 Å². The molecule has 0 heterocycles. The third-order valence-corrected chi connectivity index (χ3v) is 2.13. The molecule has 0 radical (unpaired) electrons. The van der Waals surface area contributed by atoms with Crippen LogP contribution >= 0.6 is 0 Å². The number of aromatic hydroxyl groups is 1. The van der Waals surface area contributed by atoms with Gasteiger partial charge in [-0.25, -0.2) is 0 Å². The summed E-state index contributed by atoms with van der Waals surface area (Å²) in [5.74, 6) is -1.06. The lowest BCUT2D eigenvalue weighted by Crippen LogP contribution is -2.39. The fraction of sp³-hybridized carbons (Fsp3) is 0.300. The third-order valence-electron chi connectivity index (χ3n) is 2.13. The largest absolute Gasteiger partial charge is 0.508 e. The van der Waals surface area contributed by atoms with E-state index >= 15 is 0 Å². The van der Waals surface area contributed by atoms with E-state index in [2.05, 4.69) is 5.32 Å². The Morgan fingerprint density at radius 3 is 2.27 bits per heavy atom. The van der Waals surface area contributed by atoms with Crippen molar-refractivity contribution in [2.45, 2.75) is 12.1 Å². The van der Waals surface area contributed by atoms with Gasteiger partial charge in [0.1, 0.15) is 17.9 Å². The molecule has 0 fully saturated rings. The fourth-order valence-corrected chi connectivity index (χ4v) is 1.28. The molecule has 5 nitrogen and oxygen atoms in total. The molecular formula is C10H13NO4. The number of aliphatic hydroxyl groups excluding tert-OH is 1. The van der Waals surface area contributed by atoms with Gasteiger partial charge in [0.05, 0.1) is 0 Å². The minimum absolute atomic E-state index is 0.0716. The third kappa shape index (κ3) is 2.68. The van der Waals surface area contributed by atoms with E-state index in [4.69, 9.17) is 10.2 Å². The highest BCUT2D eigenvalue weighted by Crippen LogP contribution is 2.19. The van der Waals surface area contributed by atoms with E-state index in [0.717, 1.165) is 0 Å². The molecule has 0 saturated carbocycles. The Morgan fingerprint density at radius 1 is 1.33 bits per heavy atom. The number of benzene rings is 1. The molecule has 2 atom stereocenters. The Bertz CT molecular complexity index is 336. The zero-order valence-electron chi connectivity index (χ0n) is 8.21. The van der Waals surface area contributed by atoms with Gasteiger partial charge >= 0.3 is 5.97 Å². The van der Waals surface area contributed by atoms with E-state index in [9.17, 15) is 9.90 Å². The first kappa shape index (κ1) is 11.5. The molecule has 0 amide bonds. The van der Waals surface area contributed by atoms with Crippen LogP contribution in [-0.2, 0) is 4.79 Å². The summed E-state index contributed by atoms with van der Waals surface area (Å²) in [7, 11) is 1.46. The number of phenols is 1. The van der Waals surface area contributed by atoms with Crippen LogP contribution in [0, 0.1) is 0 Å². The number of nitrogens with one attached hydrogen (secondary N) is 1. The van der Waals surface area contributed by atoms with Crippen molar-refractivity contribution in [1.82, 2.24) is 5.32 Å². The van der Waals surface area contributed by atoms with E-state index in [1.165, 1.54) is 31.3 Å². The number of hydrogen-bond acceptors (Lipinski definition) is 4. The number of rotatable bonds is 4. The quantitative estimate of drug-likeness (QED) is 0.567. The number of aliphatic hydroxyl groups is 1. The van der Waals surface area contributed by atoms with Crippen LogP contribution < -0.4 is 5.32 Å². The second-order valence-corrected chi connectivity index (χ2v) is 3.14. The first-order chi connectivity index (χ1) is 7.06. The number of likely N-dealkylation sites (N-methyl/N-ethyl adjacent to an activating group) is 1. The molecule has 0 saturated heterocycles. The van der Waals surface area contributed by atoms with Crippen LogP contribution in [0.5, 0.6) is 5.75 Å². The molecule has 0 aliphatic rings. The maximum Gasteiger partial charge on any atom is 0.323 e. The van der Waals surface area contributed by atoms with E-state index in [-0.39, 0.29) is 5.75 Å². The molecule has 1 aromatic rings. The van der Waals surface area contributed by atoms with Gasteiger partial charge in [-0.15, -0.1) is 0 Å². The van der Waals surface area contributed by atoms with Crippen LogP contribution in [0.2, 0.25) is 0 Å². The summed E-state index contributed by atoms with van der Waals surface area (Å²) >= 11 is 0. The molecule has 0 aliphatic heterocycles. The SMILES string of the molecule is CN[C@H](C(=O)O)C(O)c1ccc(O)cc1. The number of carboxylic acids is 1. The van der Waals surface area contributed by atoms with Gasteiger partial charge in [-0.2, -0.15) is 0 Å². The van der Waals surface area contributed by atoms with Crippen LogP contribution in [0.4, 0.5) is 0 Å². The van der Waals surface area contributed by atoms with E-state index in [1.54, 1.807) is 0 Å². The predicted molar refractivity (Wildman–Crippen MR) is 53.6 cm³/mol. The van der Waals surface area contributed by atoms with Crippen molar-refractivity contribution in [3.05, 3.63) is 29.8 Å². The molecule has 15 heavy (non-hydrogen) atoms. The summed E-state index contributed by atoms with van der Waals surface area (Å²) in [6.45, 7) is 0. The van der Waals surface area contributed by atoms with Gasteiger partial charge in [0, 0.05) is 0 Å². The minimum Gasteiger partial charge on any atom is -0.508 e. The summed E-state index contributed by atoms with van der Waals surface area (Å²) in [6, 6.07) is 4.69. The highest BCUT2D eigenvalue weighted by molar-refractivity contribution is 5.74. The molecule has 0 spiro atoms. The van der Waals surface area contributed by atoms with E-state index < -0.39 is 18.1 Å². The number of carboxylic acid groups (broad SMARTS) is 1. The first-order valence-electron chi connectivity index (χ1n) is 4.43. The monoisotopic (exact) mass is 211 g/mol. The Balaban J connectivity index is 2.87. The molecule has 1 aromatic carbocycles. The van der Waals surface area contributed by atoms with Crippen LogP contribution in [0.1, 0.15) is 11.7 Å². The second-order valence-electron chi connectivity index (χ2n) is 3.14. The van der Waals surface area contributed by atoms with Crippen molar-refractivity contribution in [1.29, 1.82) is 0 Å². The average molecular weight is 211 g/mol. The molecule has 0 bridgehead atoms. The summed E-state index contributed by atoms with van der Waals surface area (Å²) in [6.07, 6.45) is -1.15.